The van der Waals surface area contributed by atoms with Gasteiger partial charge in [-0.1, -0.05) is 44.2 Å². The van der Waals surface area contributed by atoms with Crippen molar-refractivity contribution in [1.82, 2.24) is 4.57 Å². The summed E-state index contributed by atoms with van der Waals surface area (Å²) in [6.07, 6.45) is 4.08. The molecule has 33 heavy (non-hydrogen) atoms. The van der Waals surface area contributed by atoms with Crippen molar-refractivity contribution in [2.45, 2.75) is 45.3 Å². The number of aromatic nitrogens is 1. The van der Waals surface area contributed by atoms with Crippen molar-refractivity contribution in [2.75, 3.05) is 7.11 Å². The minimum absolute atomic E-state index is 0.153. The SMILES string of the molecule is COc1cc2c(cc1OCc1ccccc1)CC1(CC(C)(C)C1)n1cc(C(=O)O)c(=O)cc1-2. The fourth-order valence-corrected chi connectivity index (χ4v) is 5.75. The molecule has 2 aliphatic rings. The quantitative estimate of drug-likeness (QED) is 0.606. The molecule has 2 heterocycles. The Kier molecular flexibility index (Phi) is 4.85. The Bertz CT molecular complexity index is 1300. The smallest absolute Gasteiger partial charge is 0.341 e. The van der Waals surface area contributed by atoms with Crippen molar-refractivity contribution < 1.29 is 19.4 Å². The molecule has 1 saturated carbocycles. The molecule has 2 aromatic carbocycles. The number of fused-ring (bicyclic) bond motifs is 4. The van der Waals surface area contributed by atoms with Crippen LogP contribution in [-0.2, 0) is 18.6 Å². The number of aromatic carboxylic acids is 1. The summed E-state index contributed by atoms with van der Waals surface area (Å²) in [6.45, 7) is 4.86. The Morgan fingerprint density at radius 1 is 1.09 bits per heavy atom. The number of carboxylic acids is 1. The van der Waals surface area contributed by atoms with E-state index in [4.69, 9.17) is 9.47 Å². The second-order valence-electron chi connectivity index (χ2n) is 9.97. The lowest BCUT2D eigenvalue weighted by molar-refractivity contribution is -0.00257. The summed E-state index contributed by atoms with van der Waals surface area (Å²) >= 11 is 0. The molecule has 1 fully saturated rings. The zero-order chi connectivity index (χ0) is 23.4. The number of pyridine rings is 1. The van der Waals surface area contributed by atoms with Crippen LogP contribution in [0.1, 0.15) is 48.2 Å². The largest absolute Gasteiger partial charge is 0.493 e. The Hall–Kier alpha value is -3.54. The van der Waals surface area contributed by atoms with Gasteiger partial charge in [-0.3, -0.25) is 4.79 Å². The number of hydrogen-bond donors (Lipinski definition) is 1. The summed E-state index contributed by atoms with van der Waals surface area (Å²) in [5, 5.41) is 9.55. The van der Waals surface area contributed by atoms with Gasteiger partial charge in [-0.15, -0.1) is 0 Å². The first-order valence-corrected chi connectivity index (χ1v) is 11.1. The first kappa shape index (κ1) is 21.3. The first-order valence-electron chi connectivity index (χ1n) is 11.1. The third-order valence-electron chi connectivity index (χ3n) is 6.83. The van der Waals surface area contributed by atoms with Crippen molar-refractivity contribution in [3.8, 4) is 22.8 Å². The fraction of sp³-hybridized carbons (Fsp3) is 0.333. The number of carboxylic acid groups (broad SMARTS) is 1. The topological polar surface area (TPSA) is 77.8 Å². The van der Waals surface area contributed by atoms with E-state index in [9.17, 15) is 14.7 Å². The average Bonchev–Trinajstić information content (AvgIpc) is 2.76. The van der Waals surface area contributed by atoms with Crippen LogP contribution in [0.4, 0.5) is 0 Å². The van der Waals surface area contributed by atoms with Crippen LogP contribution < -0.4 is 14.9 Å². The number of hydrogen-bond acceptors (Lipinski definition) is 4. The predicted molar refractivity (Wildman–Crippen MR) is 125 cm³/mol. The van der Waals surface area contributed by atoms with E-state index >= 15 is 0 Å². The average molecular weight is 446 g/mol. The van der Waals surface area contributed by atoms with Crippen LogP contribution >= 0.6 is 0 Å². The van der Waals surface area contributed by atoms with Gasteiger partial charge in [-0.2, -0.15) is 0 Å². The van der Waals surface area contributed by atoms with Crippen molar-refractivity contribution in [3.05, 3.63) is 81.6 Å². The maximum atomic E-state index is 12.6. The number of methoxy groups -OCH3 is 1. The monoisotopic (exact) mass is 445 g/mol. The number of nitrogens with zero attached hydrogens (tertiary/aromatic N) is 1. The highest BCUT2D eigenvalue weighted by atomic mass is 16.5. The third kappa shape index (κ3) is 3.59. The molecule has 3 aromatic rings. The van der Waals surface area contributed by atoms with Crippen LogP contribution in [0.25, 0.3) is 11.3 Å². The van der Waals surface area contributed by atoms with Gasteiger partial charge in [-0.25, -0.2) is 4.79 Å². The van der Waals surface area contributed by atoms with Gasteiger partial charge in [0.25, 0.3) is 0 Å². The van der Waals surface area contributed by atoms with Gasteiger partial charge in [-0.05, 0) is 47.9 Å². The standard InChI is InChI=1S/C27H27NO5/c1-26(2)15-27(16-26)12-18-9-24(33-14-17-7-5-4-6-8-17)23(32-3)10-19(18)21-11-22(29)20(25(30)31)13-28(21)27/h4-11,13H,12,14-16H2,1-3H3,(H,30,31). The first-order chi connectivity index (χ1) is 15.7. The summed E-state index contributed by atoms with van der Waals surface area (Å²) in [6, 6.07) is 15.3. The summed E-state index contributed by atoms with van der Waals surface area (Å²) in [7, 11) is 1.59. The second kappa shape index (κ2) is 7.51. The lowest BCUT2D eigenvalue weighted by Gasteiger charge is -2.57. The molecular formula is C27H27NO5. The molecule has 0 atom stereocenters. The fourth-order valence-electron chi connectivity index (χ4n) is 5.75. The Labute approximate surface area is 192 Å². The molecule has 170 valence electrons. The van der Waals surface area contributed by atoms with Crippen LogP contribution in [0.3, 0.4) is 0 Å². The van der Waals surface area contributed by atoms with E-state index in [1.165, 1.54) is 12.3 Å². The van der Waals surface area contributed by atoms with Gasteiger partial charge in [0.15, 0.2) is 16.9 Å². The maximum absolute atomic E-state index is 12.6. The van der Waals surface area contributed by atoms with Gasteiger partial charge >= 0.3 is 5.97 Å². The molecule has 0 amide bonds. The maximum Gasteiger partial charge on any atom is 0.341 e. The van der Waals surface area contributed by atoms with Crippen LogP contribution in [0.15, 0.2) is 59.5 Å². The van der Waals surface area contributed by atoms with E-state index in [2.05, 4.69) is 13.8 Å². The Morgan fingerprint density at radius 2 is 1.82 bits per heavy atom. The summed E-state index contributed by atoms with van der Waals surface area (Å²) in [5.41, 5.74) is 2.97. The van der Waals surface area contributed by atoms with Crippen LogP contribution in [0.5, 0.6) is 11.5 Å². The van der Waals surface area contributed by atoms with Crippen molar-refractivity contribution in [3.63, 3.8) is 0 Å². The number of carbonyl (C=O) groups is 1. The normalized spacial score (nSPS) is 16.9. The van der Waals surface area contributed by atoms with Crippen molar-refractivity contribution >= 4 is 5.97 Å². The lowest BCUT2D eigenvalue weighted by Crippen LogP contribution is -2.54. The zero-order valence-corrected chi connectivity index (χ0v) is 19.1. The molecular weight excluding hydrogens is 418 g/mol. The number of ether oxygens (including phenoxy) is 2. The molecule has 1 aliphatic carbocycles. The van der Waals surface area contributed by atoms with Gasteiger partial charge in [0.05, 0.1) is 12.8 Å². The van der Waals surface area contributed by atoms with E-state index in [0.29, 0.717) is 18.1 Å². The minimum atomic E-state index is -1.20. The van der Waals surface area contributed by atoms with Gasteiger partial charge in [0.1, 0.15) is 12.2 Å². The molecule has 5 rings (SSSR count). The Balaban J connectivity index is 1.62. The lowest BCUT2D eigenvalue weighted by atomic mass is 9.56. The molecule has 1 spiro atoms. The van der Waals surface area contributed by atoms with Crippen LogP contribution in [0.2, 0.25) is 0 Å². The van der Waals surface area contributed by atoms with Crippen molar-refractivity contribution in [1.29, 1.82) is 0 Å². The van der Waals surface area contributed by atoms with E-state index in [-0.39, 0.29) is 16.5 Å². The number of rotatable bonds is 5. The number of benzene rings is 2. The highest BCUT2D eigenvalue weighted by Gasteiger charge is 2.52. The van der Waals surface area contributed by atoms with Crippen molar-refractivity contribution in [2.24, 2.45) is 5.41 Å². The van der Waals surface area contributed by atoms with E-state index < -0.39 is 11.4 Å². The molecule has 1 N–H and O–H groups in total. The van der Waals surface area contributed by atoms with E-state index in [1.54, 1.807) is 7.11 Å². The van der Waals surface area contributed by atoms with Gasteiger partial charge in [0, 0.05) is 23.4 Å². The summed E-state index contributed by atoms with van der Waals surface area (Å²) in [4.78, 5) is 24.3. The second-order valence-corrected chi connectivity index (χ2v) is 9.97. The van der Waals surface area contributed by atoms with E-state index in [1.807, 2.05) is 47.0 Å². The van der Waals surface area contributed by atoms with Gasteiger partial charge in [0.2, 0.25) is 0 Å². The molecule has 6 nitrogen and oxygen atoms in total. The molecule has 6 heteroatoms. The van der Waals surface area contributed by atoms with Gasteiger partial charge < -0.3 is 19.1 Å². The highest BCUT2D eigenvalue weighted by molar-refractivity contribution is 5.88. The van der Waals surface area contributed by atoms with E-state index in [0.717, 1.165) is 41.6 Å². The summed E-state index contributed by atoms with van der Waals surface area (Å²) < 4.78 is 13.8. The molecule has 0 saturated heterocycles. The molecule has 0 radical (unpaired) electrons. The third-order valence-corrected chi connectivity index (χ3v) is 6.83. The van der Waals surface area contributed by atoms with Crippen LogP contribution in [0, 0.1) is 5.41 Å². The molecule has 1 aliphatic heterocycles. The zero-order valence-electron chi connectivity index (χ0n) is 19.1. The predicted octanol–water partition coefficient (Wildman–Crippen LogP) is 4.87. The summed E-state index contributed by atoms with van der Waals surface area (Å²) in [5.74, 6) is 0.0414. The Morgan fingerprint density at radius 3 is 2.45 bits per heavy atom. The molecule has 0 bridgehead atoms. The van der Waals surface area contributed by atoms with Crippen LogP contribution in [-0.4, -0.2) is 22.8 Å². The molecule has 1 aromatic heterocycles. The minimum Gasteiger partial charge on any atom is -0.493 e. The molecule has 0 unspecified atom stereocenters. The highest BCUT2D eigenvalue weighted by Crippen LogP contribution is 2.58.